The summed E-state index contributed by atoms with van der Waals surface area (Å²) in [5.74, 6) is 0.150. The highest BCUT2D eigenvalue weighted by molar-refractivity contribution is 7.62. The van der Waals surface area contributed by atoms with Crippen molar-refractivity contribution in [1.29, 1.82) is 0 Å². The van der Waals surface area contributed by atoms with Gasteiger partial charge >= 0.3 is 15.2 Å². The summed E-state index contributed by atoms with van der Waals surface area (Å²) >= 11 is 0. The van der Waals surface area contributed by atoms with Gasteiger partial charge in [0.05, 0.1) is 26.4 Å². The van der Waals surface area contributed by atoms with Gasteiger partial charge in [-0.2, -0.15) is 15.0 Å². The number of aromatic hydroxyl groups is 1. The van der Waals surface area contributed by atoms with Gasteiger partial charge in [-0.3, -0.25) is 9.13 Å². The topological polar surface area (TPSA) is 142 Å². The quantitative estimate of drug-likeness (QED) is 0.239. The minimum absolute atomic E-state index is 0.0605. The second kappa shape index (κ2) is 12.5. The molecule has 0 radical (unpaired) electrons. The molecule has 1 heterocycles. The number of aromatic nitrogens is 3. The number of phenolic OH excluding ortho intramolecular Hbond substituents is 1. The van der Waals surface area contributed by atoms with Gasteiger partial charge in [0.1, 0.15) is 5.75 Å². The van der Waals surface area contributed by atoms with Crippen molar-refractivity contribution >= 4 is 38.0 Å². The summed E-state index contributed by atoms with van der Waals surface area (Å²) in [7, 11) is -7.98. The van der Waals surface area contributed by atoms with Gasteiger partial charge < -0.3 is 28.5 Å². The van der Waals surface area contributed by atoms with E-state index < -0.39 is 15.2 Å². The van der Waals surface area contributed by atoms with Gasteiger partial charge in [-0.15, -0.1) is 0 Å². The van der Waals surface area contributed by atoms with E-state index in [9.17, 15) is 14.2 Å². The Bertz CT molecular complexity index is 1110. The first-order valence-corrected chi connectivity index (χ1v) is 15.8. The van der Waals surface area contributed by atoms with E-state index in [1.165, 1.54) is 0 Å². The molecule has 11 nitrogen and oxygen atoms in total. The van der Waals surface area contributed by atoms with Crippen molar-refractivity contribution in [3.8, 4) is 5.75 Å². The summed E-state index contributed by atoms with van der Waals surface area (Å²) in [5.41, 5.74) is 0.591. The molecule has 0 spiro atoms. The Morgan fingerprint density at radius 3 is 1.34 bits per heavy atom. The summed E-state index contributed by atoms with van der Waals surface area (Å²) < 4.78 is 49.0. The lowest BCUT2D eigenvalue weighted by Gasteiger charge is -2.28. The maximum absolute atomic E-state index is 13.6. The van der Waals surface area contributed by atoms with Crippen LogP contribution in [0, 0.1) is 0 Å². The Morgan fingerprint density at radius 2 is 1.05 bits per heavy atom. The van der Waals surface area contributed by atoms with E-state index in [0.29, 0.717) is 16.8 Å². The van der Waals surface area contributed by atoms with Crippen LogP contribution >= 0.6 is 15.2 Å². The molecule has 1 aromatic heterocycles. The maximum Gasteiger partial charge on any atom is 0.398 e. The lowest BCUT2D eigenvalue weighted by atomic mass is 9.79. The largest absolute Gasteiger partial charge is 0.507 e. The number of nitrogens with one attached hydrogen (secondary N) is 1. The minimum Gasteiger partial charge on any atom is -0.507 e. The smallest absolute Gasteiger partial charge is 0.398 e. The molecule has 2 rings (SSSR count). The highest BCUT2D eigenvalue weighted by Crippen LogP contribution is 2.49. The van der Waals surface area contributed by atoms with Crippen LogP contribution in [-0.2, 0) is 38.1 Å². The normalized spacial score (nSPS) is 13.1. The third-order valence-electron chi connectivity index (χ3n) is 5.28. The first-order valence-electron chi connectivity index (χ1n) is 12.7. The van der Waals surface area contributed by atoms with Crippen LogP contribution in [0.2, 0.25) is 0 Å². The fourth-order valence-corrected chi connectivity index (χ4v) is 6.54. The van der Waals surface area contributed by atoms with Crippen molar-refractivity contribution in [1.82, 2.24) is 15.0 Å². The molecule has 0 aliphatic rings. The molecule has 0 saturated carbocycles. The fraction of sp³-hybridized carbons (Fsp3) is 0.640. The maximum atomic E-state index is 13.6. The van der Waals surface area contributed by atoms with Crippen molar-refractivity contribution in [2.75, 3.05) is 31.7 Å². The van der Waals surface area contributed by atoms with Gasteiger partial charge in [-0.1, -0.05) is 41.5 Å². The number of hydrogen-bond acceptors (Lipinski definition) is 11. The molecule has 0 unspecified atom stereocenters. The molecule has 0 bridgehead atoms. The molecule has 0 amide bonds. The average molecular weight is 573 g/mol. The van der Waals surface area contributed by atoms with Gasteiger partial charge in [0.15, 0.2) is 0 Å². The summed E-state index contributed by atoms with van der Waals surface area (Å²) in [5, 5.41) is 14.2. The SMILES string of the molecule is CCOP(=O)(OCC)c1nc(Nc2cc(C(C)(C)C)c(O)c(C(C)(C)C)c2)nc(P(=O)(OCC)OCC)n1. The molecular weight excluding hydrogens is 530 g/mol. The average Bonchev–Trinajstić information content (AvgIpc) is 2.79. The predicted molar refractivity (Wildman–Crippen MR) is 150 cm³/mol. The highest BCUT2D eigenvalue weighted by atomic mass is 31.2. The summed E-state index contributed by atoms with van der Waals surface area (Å²) in [6.45, 7) is 18.9. The zero-order valence-electron chi connectivity index (χ0n) is 24.1. The van der Waals surface area contributed by atoms with Gasteiger partial charge in [0.25, 0.3) is 0 Å². The van der Waals surface area contributed by atoms with Crippen LogP contribution in [0.25, 0.3) is 0 Å². The Kier molecular flexibility index (Phi) is 10.7. The zero-order valence-corrected chi connectivity index (χ0v) is 25.9. The Balaban J connectivity index is 2.82. The Morgan fingerprint density at radius 1 is 0.711 bits per heavy atom. The third kappa shape index (κ3) is 7.62. The first kappa shape index (κ1) is 32.3. The van der Waals surface area contributed by atoms with Crippen LogP contribution in [0.15, 0.2) is 12.1 Å². The fourth-order valence-electron chi connectivity index (χ4n) is 3.62. The van der Waals surface area contributed by atoms with Crippen molar-refractivity contribution in [2.24, 2.45) is 0 Å². The molecule has 0 fully saturated rings. The molecule has 0 atom stereocenters. The lowest BCUT2D eigenvalue weighted by molar-refractivity contribution is 0.227. The van der Waals surface area contributed by atoms with Gasteiger partial charge in [0.2, 0.25) is 17.1 Å². The van der Waals surface area contributed by atoms with Crippen molar-refractivity contribution in [2.45, 2.75) is 80.1 Å². The molecule has 1 aromatic carbocycles. The van der Waals surface area contributed by atoms with E-state index in [1.807, 2.05) is 41.5 Å². The number of phenols is 1. The van der Waals surface area contributed by atoms with Gasteiger partial charge in [-0.05, 0) is 50.7 Å². The van der Waals surface area contributed by atoms with Crippen LogP contribution in [-0.4, -0.2) is 46.5 Å². The number of anilines is 2. The summed E-state index contributed by atoms with van der Waals surface area (Å²) in [6, 6.07) is 3.59. The molecule has 0 aliphatic heterocycles. The predicted octanol–water partition coefficient (Wildman–Crippen LogP) is 5.70. The first-order chi connectivity index (χ1) is 17.5. The van der Waals surface area contributed by atoms with Gasteiger partial charge in [-0.25, -0.2) is 0 Å². The highest BCUT2D eigenvalue weighted by Gasteiger charge is 2.38. The zero-order chi connectivity index (χ0) is 28.9. The molecule has 13 heteroatoms. The molecule has 2 N–H and O–H groups in total. The molecular formula is C25H42N4O7P2. The number of nitrogens with zero attached hydrogens (tertiary/aromatic N) is 3. The Hall–Kier alpha value is -1.87. The lowest BCUT2D eigenvalue weighted by Crippen LogP contribution is -2.30. The summed E-state index contributed by atoms with van der Waals surface area (Å²) in [4.78, 5) is 12.9. The molecule has 0 saturated heterocycles. The summed E-state index contributed by atoms with van der Waals surface area (Å²) in [6.07, 6.45) is 0. The van der Waals surface area contributed by atoms with Crippen molar-refractivity contribution in [3.63, 3.8) is 0 Å². The molecule has 214 valence electrons. The van der Waals surface area contributed by atoms with E-state index in [1.54, 1.807) is 39.8 Å². The monoisotopic (exact) mass is 572 g/mol. The second-order valence-corrected chi connectivity index (χ2v) is 14.3. The third-order valence-corrected chi connectivity index (χ3v) is 9.05. The standard InChI is InChI=1S/C25H42N4O7P2/c1-11-33-37(31,34-12-2)22-27-21(28-23(29-22)38(32,35-13-3)36-14-4)26-17-15-18(24(5,6)7)20(30)19(16-17)25(8,9)10/h15-16,30H,11-14H2,1-10H3,(H,26,27,28,29). The van der Waals surface area contributed by atoms with Crippen LogP contribution in [0.5, 0.6) is 5.75 Å². The molecule has 38 heavy (non-hydrogen) atoms. The van der Waals surface area contributed by atoms with E-state index in [-0.39, 0.29) is 60.1 Å². The van der Waals surface area contributed by atoms with E-state index in [2.05, 4.69) is 20.3 Å². The molecule has 2 aromatic rings. The minimum atomic E-state index is -3.99. The number of rotatable bonds is 12. The van der Waals surface area contributed by atoms with E-state index in [4.69, 9.17) is 18.1 Å². The van der Waals surface area contributed by atoms with Crippen LogP contribution in [0.3, 0.4) is 0 Å². The number of benzene rings is 1. The van der Waals surface area contributed by atoms with Crippen LogP contribution in [0.4, 0.5) is 11.6 Å². The number of hydrogen-bond donors (Lipinski definition) is 2. The van der Waals surface area contributed by atoms with Crippen molar-refractivity contribution in [3.05, 3.63) is 23.3 Å². The van der Waals surface area contributed by atoms with Gasteiger partial charge in [0, 0.05) is 16.8 Å². The Labute approximate surface area is 226 Å². The molecule has 0 aliphatic carbocycles. The second-order valence-electron chi connectivity index (χ2n) is 10.5. The van der Waals surface area contributed by atoms with E-state index >= 15 is 0 Å². The van der Waals surface area contributed by atoms with Crippen molar-refractivity contribution < 1.29 is 32.3 Å². The van der Waals surface area contributed by atoms with Crippen LogP contribution in [0.1, 0.15) is 80.4 Å². The van der Waals surface area contributed by atoms with Crippen LogP contribution < -0.4 is 16.4 Å². The van der Waals surface area contributed by atoms with E-state index in [0.717, 1.165) is 0 Å².